The van der Waals surface area contributed by atoms with E-state index in [1.165, 1.54) is 6.08 Å². The van der Waals surface area contributed by atoms with Gasteiger partial charge in [0.1, 0.15) is 0 Å². The highest BCUT2D eigenvalue weighted by Crippen LogP contribution is 2.37. The second kappa shape index (κ2) is 8.85. The Bertz CT molecular complexity index is 930. The summed E-state index contributed by atoms with van der Waals surface area (Å²) in [5, 5.41) is 0.675. The number of piperazine rings is 1. The van der Waals surface area contributed by atoms with Gasteiger partial charge < -0.3 is 9.80 Å². The molecule has 1 fully saturated rings. The van der Waals surface area contributed by atoms with Crippen molar-refractivity contribution in [3.8, 4) is 11.1 Å². The van der Waals surface area contributed by atoms with Crippen molar-refractivity contribution in [3.05, 3.63) is 65.7 Å². The summed E-state index contributed by atoms with van der Waals surface area (Å²) in [7, 11) is 0. The highest BCUT2D eigenvalue weighted by Gasteiger charge is 2.22. The zero-order valence-corrected chi connectivity index (χ0v) is 16.7. The van der Waals surface area contributed by atoms with Gasteiger partial charge in [0.15, 0.2) is 0 Å². The van der Waals surface area contributed by atoms with Crippen molar-refractivity contribution in [1.82, 2.24) is 9.80 Å². The largest absolute Gasteiger partial charge is 0.337 e. The summed E-state index contributed by atoms with van der Waals surface area (Å²) >= 11 is 6.42. The van der Waals surface area contributed by atoms with Gasteiger partial charge in [0.25, 0.3) is 0 Å². The lowest BCUT2D eigenvalue weighted by atomic mass is 10.0. The number of hydrogen-bond donors (Lipinski definition) is 0. The number of para-hydroxylation sites is 1. The number of halogens is 1. The van der Waals surface area contributed by atoms with Crippen molar-refractivity contribution in [3.63, 3.8) is 0 Å². The van der Waals surface area contributed by atoms with Gasteiger partial charge in [-0.1, -0.05) is 54.6 Å². The lowest BCUT2D eigenvalue weighted by Crippen LogP contribution is -2.49. The molecule has 0 atom stereocenters. The van der Waals surface area contributed by atoms with Gasteiger partial charge in [-0.3, -0.25) is 4.79 Å². The minimum Gasteiger partial charge on any atom is -0.337 e. The molecule has 0 unspecified atom stereocenters. The molecule has 0 spiro atoms. The summed E-state index contributed by atoms with van der Waals surface area (Å²) in [6.07, 6.45) is 1.35. The fourth-order valence-corrected chi connectivity index (χ4v) is 3.50. The summed E-state index contributed by atoms with van der Waals surface area (Å²) < 4.78 is 0. The lowest BCUT2D eigenvalue weighted by Gasteiger charge is -2.34. The molecular weight excluding hydrogens is 372 g/mol. The van der Waals surface area contributed by atoms with Gasteiger partial charge in [-0.05, 0) is 31.3 Å². The number of aryl methyl sites for hydroxylation is 1. The van der Waals surface area contributed by atoms with Gasteiger partial charge in [0.2, 0.25) is 11.9 Å². The minimum atomic E-state index is -0.0513. The van der Waals surface area contributed by atoms with Gasteiger partial charge >= 0.3 is 0 Å². The zero-order chi connectivity index (χ0) is 20.1. The van der Waals surface area contributed by atoms with Crippen LogP contribution in [0.4, 0.5) is 5.69 Å². The molecule has 6 heteroatoms. The molecule has 1 aliphatic heterocycles. The number of carbonyl (C=O) groups excluding carboxylic acids is 1. The molecule has 2 aromatic carbocycles. The molecule has 144 valence electrons. The fourth-order valence-electron chi connectivity index (χ4n) is 3.27. The molecule has 0 radical (unpaired) electrons. The van der Waals surface area contributed by atoms with Crippen LogP contribution >= 0.6 is 11.6 Å². The maximum absolute atomic E-state index is 11.8. The zero-order valence-electron chi connectivity index (χ0n) is 15.9. The van der Waals surface area contributed by atoms with Crippen LogP contribution in [0.3, 0.4) is 0 Å². The molecule has 0 saturated carbocycles. The topological polar surface area (TPSA) is 48.3 Å². The molecule has 0 aliphatic carbocycles. The predicted molar refractivity (Wildman–Crippen MR) is 117 cm³/mol. The Balaban J connectivity index is 1.94. The van der Waals surface area contributed by atoms with E-state index in [1.54, 1.807) is 4.90 Å². The Labute approximate surface area is 170 Å². The third-order valence-electron chi connectivity index (χ3n) is 4.80. The smallest absolute Gasteiger partial charge is 0.246 e. The minimum absolute atomic E-state index is 0.0513. The molecule has 3 rings (SSSR count). The van der Waals surface area contributed by atoms with E-state index in [-0.39, 0.29) is 5.91 Å². The molecule has 0 aromatic heterocycles. The van der Waals surface area contributed by atoms with Gasteiger partial charge in [0, 0.05) is 42.3 Å². The van der Waals surface area contributed by atoms with E-state index in [4.69, 9.17) is 16.6 Å². The number of nitrogens with zero attached hydrogens (tertiary/aromatic N) is 4. The van der Waals surface area contributed by atoms with E-state index in [0.717, 1.165) is 22.4 Å². The van der Waals surface area contributed by atoms with Gasteiger partial charge in [0.05, 0.1) is 5.69 Å². The first-order valence-electron chi connectivity index (χ1n) is 9.11. The van der Waals surface area contributed by atoms with Crippen molar-refractivity contribution < 1.29 is 4.79 Å². The van der Waals surface area contributed by atoms with Crippen LogP contribution in [0, 0.1) is 6.92 Å². The summed E-state index contributed by atoms with van der Waals surface area (Å²) in [6.45, 7) is 11.8. The Kier molecular flexibility index (Phi) is 6.26. The highest BCUT2D eigenvalue weighted by atomic mass is 35.5. The molecule has 28 heavy (non-hydrogen) atoms. The maximum Gasteiger partial charge on any atom is 0.246 e. The van der Waals surface area contributed by atoms with E-state index in [0.29, 0.717) is 37.2 Å². The monoisotopic (exact) mass is 394 g/mol. The van der Waals surface area contributed by atoms with E-state index < -0.39 is 0 Å². The van der Waals surface area contributed by atoms with Crippen LogP contribution in [0.2, 0.25) is 5.02 Å². The molecule has 1 saturated heterocycles. The predicted octanol–water partition coefficient (Wildman–Crippen LogP) is 4.33. The van der Waals surface area contributed by atoms with Crippen LogP contribution in [-0.4, -0.2) is 54.6 Å². The number of hydrogen-bond acceptors (Lipinski definition) is 2. The third kappa shape index (κ3) is 4.15. The number of rotatable bonds is 3. The lowest BCUT2D eigenvalue weighted by molar-refractivity contribution is -0.127. The molecule has 0 N–H and O–H groups in total. The summed E-state index contributed by atoms with van der Waals surface area (Å²) in [5.41, 5.74) is 3.73. The van der Waals surface area contributed by atoms with Crippen molar-refractivity contribution in [2.24, 2.45) is 9.98 Å². The second-order valence-electron chi connectivity index (χ2n) is 6.54. The van der Waals surface area contributed by atoms with Crippen molar-refractivity contribution >= 4 is 35.9 Å². The van der Waals surface area contributed by atoms with E-state index >= 15 is 0 Å². The third-order valence-corrected chi connectivity index (χ3v) is 5.13. The summed E-state index contributed by atoms with van der Waals surface area (Å²) in [6, 6.07) is 13.7. The maximum atomic E-state index is 11.8. The average molecular weight is 395 g/mol. The number of aliphatic imine (C=N–C) groups is 2. The van der Waals surface area contributed by atoms with E-state index in [9.17, 15) is 4.79 Å². The number of benzene rings is 2. The first kappa shape index (κ1) is 19.8. The first-order chi connectivity index (χ1) is 13.5. The van der Waals surface area contributed by atoms with E-state index in [2.05, 4.69) is 18.3 Å². The van der Waals surface area contributed by atoms with Crippen LogP contribution in [-0.2, 0) is 4.79 Å². The van der Waals surface area contributed by atoms with Crippen LogP contribution in [0.1, 0.15) is 5.56 Å². The Morgan fingerprint density at radius 2 is 1.68 bits per heavy atom. The van der Waals surface area contributed by atoms with Crippen LogP contribution in [0.5, 0.6) is 0 Å². The summed E-state index contributed by atoms with van der Waals surface area (Å²) in [5.74, 6) is 0.498. The number of carbonyl (C=O) groups is 1. The van der Waals surface area contributed by atoms with Crippen LogP contribution < -0.4 is 0 Å². The molecule has 1 heterocycles. The normalized spacial score (nSPS) is 14.7. The summed E-state index contributed by atoms with van der Waals surface area (Å²) in [4.78, 5) is 24.6. The number of guanidine groups is 1. The Morgan fingerprint density at radius 3 is 2.32 bits per heavy atom. The Hall–Kier alpha value is -2.92. The quantitative estimate of drug-likeness (QED) is 0.442. The van der Waals surface area contributed by atoms with Crippen LogP contribution in [0.15, 0.2) is 65.1 Å². The molecule has 0 bridgehead atoms. The standard InChI is InChI=1S/C22H23ClN4O/c1-4-20(28)26-12-14-27(15-13-26)22(24-3)25-21-16(2)8-7-10-18(21)17-9-5-6-11-19(17)23/h4-11H,1,3,12-15H2,2H3. The van der Waals surface area contributed by atoms with E-state index in [1.807, 2.05) is 54.3 Å². The van der Waals surface area contributed by atoms with Crippen molar-refractivity contribution in [1.29, 1.82) is 0 Å². The van der Waals surface area contributed by atoms with Crippen LogP contribution in [0.25, 0.3) is 11.1 Å². The van der Waals surface area contributed by atoms with Crippen molar-refractivity contribution in [2.75, 3.05) is 26.2 Å². The number of amides is 1. The average Bonchev–Trinajstić information content (AvgIpc) is 2.73. The van der Waals surface area contributed by atoms with Gasteiger partial charge in [-0.15, -0.1) is 0 Å². The highest BCUT2D eigenvalue weighted by molar-refractivity contribution is 6.33. The molecule has 1 aliphatic rings. The first-order valence-corrected chi connectivity index (χ1v) is 9.49. The SMILES string of the molecule is C=CC(=O)N1CCN(C(N=C)=Nc2c(C)cccc2-c2ccccc2Cl)CC1. The molecule has 2 aromatic rings. The molecular formula is C22H23ClN4O. The molecule has 5 nitrogen and oxygen atoms in total. The van der Waals surface area contributed by atoms with Gasteiger partial charge in [-0.25, -0.2) is 9.98 Å². The van der Waals surface area contributed by atoms with Gasteiger partial charge in [-0.2, -0.15) is 0 Å². The van der Waals surface area contributed by atoms with Crippen molar-refractivity contribution in [2.45, 2.75) is 6.92 Å². The molecule has 1 amide bonds. The second-order valence-corrected chi connectivity index (χ2v) is 6.94. The fraction of sp³-hybridized carbons (Fsp3) is 0.227. The Morgan fingerprint density at radius 1 is 1.04 bits per heavy atom.